The molecule has 0 aliphatic rings. The van der Waals surface area contributed by atoms with E-state index in [0.29, 0.717) is 45.0 Å². The van der Waals surface area contributed by atoms with Crippen LogP contribution in [0.5, 0.6) is 0 Å². The van der Waals surface area contributed by atoms with Gasteiger partial charge in [0.1, 0.15) is 0 Å². The van der Waals surface area contributed by atoms with Crippen molar-refractivity contribution in [3.05, 3.63) is 35.4 Å². The van der Waals surface area contributed by atoms with Gasteiger partial charge < -0.3 is 19.9 Å². The third kappa shape index (κ3) is 6.65. The maximum absolute atomic E-state index is 11.7. The second kappa shape index (κ2) is 10.4. The SMILES string of the molecule is COCCOCCCOC(=O)c1ccc(CCN)cc1. The molecule has 5 heteroatoms. The van der Waals surface area contributed by atoms with E-state index in [1.54, 1.807) is 19.2 Å². The molecule has 0 saturated carbocycles. The molecule has 20 heavy (non-hydrogen) atoms. The number of benzene rings is 1. The van der Waals surface area contributed by atoms with E-state index in [0.717, 1.165) is 12.0 Å². The molecule has 0 aromatic heterocycles. The van der Waals surface area contributed by atoms with Gasteiger partial charge in [-0.25, -0.2) is 4.79 Å². The Labute approximate surface area is 120 Å². The van der Waals surface area contributed by atoms with E-state index >= 15 is 0 Å². The highest BCUT2D eigenvalue weighted by Crippen LogP contribution is 2.06. The van der Waals surface area contributed by atoms with Gasteiger partial charge in [-0.05, 0) is 30.7 Å². The third-order valence-electron chi connectivity index (χ3n) is 2.72. The Balaban J connectivity index is 2.18. The normalized spacial score (nSPS) is 10.5. The van der Waals surface area contributed by atoms with Crippen molar-refractivity contribution in [3.8, 4) is 0 Å². The lowest BCUT2D eigenvalue weighted by Crippen LogP contribution is -2.10. The predicted octanol–water partition coefficient (Wildman–Crippen LogP) is 1.40. The quantitative estimate of drug-likeness (QED) is 0.518. The number of rotatable bonds is 10. The number of hydrogen-bond donors (Lipinski definition) is 1. The minimum Gasteiger partial charge on any atom is -0.462 e. The second-order valence-corrected chi connectivity index (χ2v) is 4.33. The summed E-state index contributed by atoms with van der Waals surface area (Å²) in [5.74, 6) is -0.304. The van der Waals surface area contributed by atoms with Crippen LogP contribution in [0.4, 0.5) is 0 Å². The third-order valence-corrected chi connectivity index (χ3v) is 2.72. The van der Waals surface area contributed by atoms with Crippen LogP contribution in [0.25, 0.3) is 0 Å². The molecule has 0 heterocycles. The van der Waals surface area contributed by atoms with Crippen molar-refractivity contribution in [2.24, 2.45) is 5.73 Å². The number of nitrogens with two attached hydrogens (primary N) is 1. The van der Waals surface area contributed by atoms with Gasteiger partial charge in [0.25, 0.3) is 0 Å². The summed E-state index contributed by atoms with van der Waals surface area (Å²) in [7, 11) is 1.63. The molecule has 1 rings (SSSR count). The molecule has 0 fully saturated rings. The Morgan fingerprint density at radius 3 is 2.50 bits per heavy atom. The zero-order valence-electron chi connectivity index (χ0n) is 12.0. The first-order chi connectivity index (χ1) is 9.77. The Morgan fingerprint density at radius 2 is 1.85 bits per heavy atom. The topological polar surface area (TPSA) is 70.8 Å². The minimum absolute atomic E-state index is 0.304. The molecule has 0 radical (unpaired) electrons. The van der Waals surface area contributed by atoms with Crippen LogP contribution < -0.4 is 5.73 Å². The van der Waals surface area contributed by atoms with Crippen LogP contribution >= 0.6 is 0 Å². The lowest BCUT2D eigenvalue weighted by atomic mass is 10.1. The highest BCUT2D eigenvalue weighted by molar-refractivity contribution is 5.89. The van der Waals surface area contributed by atoms with Crippen LogP contribution in [0, 0.1) is 0 Å². The van der Waals surface area contributed by atoms with Crippen molar-refractivity contribution in [2.75, 3.05) is 40.1 Å². The Hall–Kier alpha value is -1.43. The molecule has 0 spiro atoms. The molecule has 1 aromatic rings. The van der Waals surface area contributed by atoms with Gasteiger partial charge in [-0.15, -0.1) is 0 Å². The summed E-state index contributed by atoms with van der Waals surface area (Å²) in [6.45, 7) is 2.66. The molecule has 0 bridgehead atoms. The van der Waals surface area contributed by atoms with Gasteiger partial charge in [-0.2, -0.15) is 0 Å². The molecule has 0 saturated heterocycles. The molecule has 5 nitrogen and oxygen atoms in total. The van der Waals surface area contributed by atoms with Gasteiger partial charge >= 0.3 is 5.97 Å². The smallest absolute Gasteiger partial charge is 0.338 e. The van der Waals surface area contributed by atoms with E-state index in [-0.39, 0.29) is 5.97 Å². The molecule has 112 valence electrons. The molecular formula is C15H23NO4. The van der Waals surface area contributed by atoms with Gasteiger partial charge in [-0.1, -0.05) is 12.1 Å². The first kappa shape index (κ1) is 16.6. The fourth-order valence-electron chi connectivity index (χ4n) is 1.63. The Morgan fingerprint density at radius 1 is 1.10 bits per heavy atom. The minimum atomic E-state index is -0.304. The number of ether oxygens (including phenoxy) is 3. The van der Waals surface area contributed by atoms with E-state index in [4.69, 9.17) is 19.9 Å². The maximum atomic E-state index is 11.7. The van der Waals surface area contributed by atoms with Crippen LogP contribution in [-0.2, 0) is 20.6 Å². The monoisotopic (exact) mass is 281 g/mol. The Bertz CT molecular complexity index is 378. The molecule has 0 amide bonds. The molecule has 0 aliphatic heterocycles. The van der Waals surface area contributed by atoms with Gasteiger partial charge in [0.15, 0.2) is 0 Å². The molecule has 2 N–H and O–H groups in total. The van der Waals surface area contributed by atoms with Crippen molar-refractivity contribution in [2.45, 2.75) is 12.8 Å². The molecule has 0 aliphatic carbocycles. The molecule has 0 unspecified atom stereocenters. The van der Waals surface area contributed by atoms with Gasteiger partial charge in [0.05, 0.1) is 25.4 Å². The van der Waals surface area contributed by atoms with Crippen LogP contribution in [0.2, 0.25) is 0 Å². The zero-order valence-corrected chi connectivity index (χ0v) is 12.0. The fraction of sp³-hybridized carbons (Fsp3) is 0.533. The summed E-state index contributed by atoms with van der Waals surface area (Å²) in [5, 5.41) is 0. The largest absolute Gasteiger partial charge is 0.462 e. The van der Waals surface area contributed by atoms with E-state index < -0.39 is 0 Å². The van der Waals surface area contributed by atoms with Crippen molar-refractivity contribution >= 4 is 5.97 Å². The summed E-state index contributed by atoms with van der Waals surface area (Å²) in [5.41, 5.74) is 7.15. The highest BCUT2D eigenvalue weighted by atomic mass is 16.5. The van der Waals surface area contributed by atoms with Crippen LogP contribution in [0.15, 0.2) is 24.3 Å². The number of hydrogen-bond acceptors (Lipinski definition) is 5. The number of methoxy groups -OCH3 is 1. The number of esters is 1. The first-order valence-corrected chi connectivity index (χ1v) is 6.80. The standard InChI is InChI=1S/C15H23NO4/c1-18-11-12-19-9-2-10-20-15(17)14-5-3-13(4-6-14)7-8-16/h3-6H,2,7-12,16H2,1H3. The lowest BCUT2D eigenvalue weighted by molar-refractivity contribution is 0.0385. The van der Waals surface area contributed by atoms with Crippen LogP contribution in [0.1, 0.15) is 22.3 Å². The molecule has 1 aromatic carbocycles. The number of carbonyl (C=O) groups excluding carboxylic acids is 1. The first-order valence-electron chi connectivity index (χ1n) is 6.80. The van der Waals surface area contributed by atoms with Crippen molar-refractivity contribution in [3.63, 3.8) is 0 Å². The summed E-state index contributed by atoms with van der Waals surface area (Å²) in [4.78, 5) is 11.7. The van der Waals surface area contributed by atoms with E-state index in [1.165, 1.54) is 0 Å². The van der Waals surface area contributed by atoms with Gasteiger partial charge in [0.2, 0.25) is 0 Å². The van der Waals surface area contributed by atoms with E-state index in [1.807, 2.05) is 12.1 Å². The second-order valence-electron chi connectivity index (χ2n) is 4.33. The maximum Gasteiger partial charge on any atom is 0.338 e. The van der Waals surface area contributed by atoms with Crippen molar-refractivity contribution in [1.29, 1.82) is 0 Å². The highest BCUT2D eigenvalue weighted by Gasteiger charge is 2.06. The number of carbonyl (C=O) groups is 1. The average molecular weight is 281 g/mol. The summed E-state index contributed by atoms with van der Waals surface area (Å²) in [6.07, 6.45) is 1.49. The van der Waals surface area contributed by atoms with Crippen LogP contribution in [-0.4, -0.2) is 46.1 Å². The summed E-state index contributed by atoms with van der Waals surface area (Å²) < 4.78 is 15.3. The van der Waals surface area contributed by atoms with Gasteiger partial charge in [-0.3, -0.25) is 0 Å². The Kier molecular flexibility index (Phi) is 8.62. The molecule has 0 atom stereocenters. The summed E-state index contributed by atoms with van der Waals surface area (Å²) in [6, 6.07) is 7.33. The summed E-state index contributed by atoms with van der Waals surface area (Å²) >= 11 is 0. The van der Waals surface area contributed by atoms with Crippen LogP contribution in [0.3, 0.4) is 0 Å². The van der Waals surface area contributed by atoms with Crippen molar-refractivity contribution in [1.82, 2.24) is 0 Å². The van der Waals surface area contributed by atoms with Gasteiger partial charge in [0, 0.05) is 20.1 Å². The zero-order chi connectivity index (χ0) is 14.6. The van der Waals surface area contributed by atoms with E-state index in [9.17, 15) is 4.79 Å². The average Bonchev–Trinajstić information content (AvgIpc) is 2.47. The predicted molar refractivity (Wildman–Crippen MR) is 76.8 cm³/mol. The fourth-order valence-corrected chi connectivity index (χ4v) is 1.63. The van der Waals surface area contributed by atoms with Crippen molar-refractivity contribution < 1.29 is 19.0 Å². The van der Waals surface area contributed by atoms with E-state index in [2.05, 4.69) is 0 Å². The molecular weight excluding hydrogens is 258 g/mol. The lowest BCUT2D eigenvalue weighted by Gasteiger charge is -2.06.